The van der Waals surface area contributed by atoms with Gasteiger partial charge in [0.25, 0.3) is 5.91 Å². The van der Waals surface area contributed by atoms with Crippen LogP contribution >= 0.6 is 11.3 Å². The summed E-state index contributed by atoms with van der Waals surface area (Å²) in [6.07, 6.45) is 4.62. The molecular formula is C20H23N5O2S. The first-order chi connectivity index (χ1) is 13.8. The lowest BCUT2D eigenvalue weighted by molar-refractivity contribution is 0.0826. The van der Waals surface area contributed by atoms with Crippen molar-refractivity contribution in [3.63, 3.8) is 0 Å². The molecule has 4 heterocycles. The number of hydrogen-bond acceptors (Lipinski definition) is 6. The second-order valence-electron chi connectivity index (χ2n) is 7.50. The number of nitrogens with zero attached hydrogens (tertiary/aromatic N) is 4. The third-order valence-electron chi connectivity index (χ3n) is 5.68. The van der Waals surface area contributed by atoms with Crippen LogP contribution in [-0.2, 0) is 17.7 Å². The molecule has 0 aliphatic carbocycles. The Morgan fingerprint density at radius 1 is 1.14 bits per heavy atom. The largest absolute Gasteiger partial charge is 0.381 e. The molecule has 1 saturated heterocycles. The number of hydrogen-bond donors (Lipinski definition) is 1. The number of para-hydroxylation sites is 1. The number of aryl methyl sites for hydroxylation is 1. The molecule has 1 amide bonds. The highest BCUT2D eigenvalue weighted by atomic mass is 32.1. The zero-order chi connectivity index (χ0) is 18.9. The Morgan fingerprint density at radius 2 is 2.00 bits per heavy atom. The minimum Gasteiger partial charge on any atom is -0.381 e. The van der Waals surface area contributed by atoms with Crippen LogP contribution in [0.25, 0.3) is 10.2 Å². The minimum absolute atomic E-state index is 0.0754. The van der Waals surface area contributed by atoms with E-state index in [1.807, 2.05) is 24.3 Å². The smallest absolute Gasteiger partial charge is 0.280 e. The molecular weight excluding hydrogens is 374 g/mol. The van der Waals surface area contributed by atoms with Gasteiger partial charge in [-0.1, -0.05) is 12.1 Å². The van der Waals surface area contributed by atoms with Crippen LogP contribution in [0.5, 0.6) is 0 Å². The van der Waals surface area contributed by atoms with Gasteiger partial charge >= 0.3 is 0 Å². The Bertz CT molecular complexity index is 959. The summed E-state index contributed by atoms with van der Waals surface area (Å²) in [7, 11) is 0. The van der Waals surface area contributed by atoms with Gasteiger partial charge in [-0.05, 0) is 37.8 Å². The van der Waals surface area contributed by atoms with Crippen molar-refractivity contribution >= 4 is 27.5 Å². The molecule has 0 saturated carbocycles. The molecule has 2 aliphatic heterocycles. The molecule has 2 aliphatic rings. The molecule has 3 aromatic rings. The highest BCUT2D eigenvalue weighted by Crippen LogP contribution is 2.28. The monoisotopic (exact) mass is 397 g/mol. The molecule has 1 aromatic carbocycles. The Morgan fingerprint density at radius 3 is 2.86 bits per heavy atom. The van der Waals surface area contributed by atoms with Gasteiger partial charge in [-0.3, -0.25) is 4.79 Å². The standard InChI is InChI=1S/C20H23N5O2S/c26-19(20-22-15-3-1-2-4-16(15)28-20)21-14-5-6-17-23-24-18(25(17)10-7-14)13-8-11-27-12-9-13/h1-4,13-14H,5-12H2,(H,21,26). The van der Waals surface area contributed by atoms with Crippen molar-refractivity contribution in [2.24, 2.45) is 0 Å². The second-order valence-corrected chi connectivity index (χ2v) is 8.53. The predicted molar refractivity (Wildman–Crippen MR) is 107 cm³/mol. The maximum atomic E-state index is 12.7. The van der Waals surface area contributed by atoms with Gasteiger partial charge in [0.05, 0.1) is 10.2 Å². The molecule has 28 heavy (non-hydrogen) atoms. The predicted octanol–water partition coefficient (Wildman–Crippen LogP) is 2.92. The summed E-state index contributed by atoms with van der Waals surface area (Å²) >= 11 is 1.45. The van der Waals surface area contributed by atoms with Gasteiger partial charge in [-0.2, -0.15) is 0 Å². The highest BCUT2D eigenvalue weighted by molar-refractivity contribution is 7.20. The Hall–Kier alpha value is -2.32. The number of carbonyl (C=O) groups excluding carboxylic acids is 1. The third-order valence-corrected chi connectivity index (χ3v) is 6.72. The maximum absolute atomic E-state index is 12.7. The molecule has 1 fully saturated rings. The fourth-order valence-corrected chi connectivity index (χ4v) is 5.00. The van der Waals surface area contributed by atoms with E-state index in [-0.39, 0.29) is 11.9 Å². The number of thiazole rings is 1. The maximum Gasteiger partial charge on any atom is 0.280 e. The van der Waals surface area contributed by atoms with Crippen LogP contribution in [0.15, 0.2) is 24.3 Å². The van der Waals surface area contributed by atoms with Gasteiger partial charge in [-0.25, -0.2) is 4.98 Å². The first kappa shape index (κ1) is 17.8. The van der Waals surface area contributed by atoms with E-state index in [1.165, 1.54) is 11.3 Å². The summed E-state index contributed by atoms with van der Waals surface area (Å²) in [6, 6.07) is 7.99. The fourth-order valence-electron chi connectivity index (χ4n) is 4.13. The molecule has 0 bridgehead atoms. The van der Waals surface area contributed by atoms with Crippen molar-refractivity contribution in [2.75, 3.05) is 13.2 Å². The van der Waals surface area contributed by atoms with Crippen molar-refractivity contribution in [2.45, 2.75) is 50.6 Å². The van der Waals surface area contributed by atoms with Crippen molar-refractivity contribution < 1.29 is 9.53 Å². The van der Waals surface area contributed by atoms with E-state index in [9.17, 15) is 4.79 Å². The minimum atomic E-state index is -0.0754. The van der Waals surface area contributed by atoms with Crippen LogP contribution < -0.4 is 5.32 Å². The lowest BCUT2D eigenvalue weighted by Gasteiger charge is -2.22. The Labute approximate surface area is 167 Å². The number of rotatable bonds is 3. The van der Waals surface area contributed by atoms with Gasteiger partial charge in [0.15, 0.2) is 5.01 Å². The van der Waals surface area contributed by atoms with Crippen LogP contribution in [0.2, 0.25) is 0 Å². The van der Waals surface area contributed by atoms with E-state index >= 15 is 0 Å². The van der Waals surface area contributed by atoms with Crippen molar-refractivity contribution in [3.05, 3.63) is 40.9 Å². The van der Waals surface area contributed by atoms with Crippen LogP contribution in [0, 0.1) is 0 Å². The number of aromatic nitrogens is 4. The lowest BCUT2D eigenvalue weighted by atomic mass is 9.99. The lowest BCUT2D eigenvalue weighted by Crippen LogP contribution is -2.35. The topological polar surface area (TPSA) is 81.9 Å². The zero-order valence-electron chi connectivity index (χ0n) is 15.6. The van der Waals surface area contributed by atoms with Gasteiger partial charge < -0.3 is 14.6 Å². The molecule has 8 heteroatoms. The van der Waals surface area contributed by atoms with Crippen LogP contribution in [-0.4, -0.2) is 44.9 Å². The first-order valence-corrected chi connectivity index (χ1v) is 10.8. The Kier molecular flexibility index (Phi) is 4.82. The molecule has 0 radical (unpaired) electrons. The number of nitrogens with one attached hydrogen (secondary N) is 1. The molecule has 7 nitrogen and oxygen atoms in total. The molecule has 5 rings (SSSR count). The highest BCUT2D eigenvalue weighted by Gasteiger charge is 2.27. The van der Waals surface area contributed by atoms with E-state index < -0.39 is 0 Å². The third kappa shape index (κ3) is 3.42. The van der Waals surface area contributed by atoms with E-state index in [0.29, 0.717) is 10.9 Å². The fraction of sp³-hybridized carbons (Fsp3) is 0.500. The SMILES string of the molecule is O=C(NC1CCc2nnc(C3CCOCC3)n2CC1)c1nc2ccccc2s1. The first-order valence-electron chi connectivity index (χ1n) is 9.94. The Balaban J connectivity index is 1.27. The number of amides is 1. The summed E-state index contributed by atoms with van der Waals surface area (Å²) in [6.45, 7) is 2.45. The van der Waals surface area contributed by atoms with Gasteiger partial charge in [0, 0.05) is 38.1 Å². The molecule has 1 unspecified atom stereocenters. The van der Waals surface area contributed by atoms with Crippen LogP contribution in [0.4, 0.5) is 0 Å². The normalized spacial score (nSPS) is 20.6. The molecule has 0 spiro atoms. The number of carbonyl (C=O) groups is 1. The summed E-state index contributed by atoms with van der Waals surface area (Å²) < 4.78 is 8.80. The van der Waals surface area contributed by atoms with Crippen LogP contribution in [0.1, 0.15) is 53.1 Å². The number of fused-ring (bicyclic) bond motifs is 2. The quantitative estimate of drug-likeness (QED) is 0.735. The molecule has 146 valence electrons. The van der Waals surface area contributed by atoms with E-state index in [0.717, 1.165) is 73.7 Å². The molecule has 2 aromatic heterocycles. The summed E-state index contributed by atoms with van der Waals surface area (Å²) in [5.41, 5.74) is 0.880. The molecule has 1 atom stereocenters. The van der Waals surface area contributed by atoms with E-state index in [4.69, 9.17) is 4.74 Å². The number of ether oxygens (including phenoxy) is 1. The van der Waals surface area contributed by atoms with E-state index in [2.05, 4.69) is 25.1 Å². The van der Waals surface area contributed by atoms with E-state index in [1.54, 1.807) is 0 Å². The average Bonchev–Trinajstić information content (AvgIpc) is 3.30. The van der Waals surface area contributed by atoms with Gasteiger partial charge in [0.2, 0.25) is 0 Å². The second kappa shape index (κ2) is 7.60. The van der Waals surface area contributed by atoms with Gasteiger partial charge in [-0.15, -0.1) is 21.5 Å². The summed E-state index contributed by atoms with van der Waals surface area (Å²) in [5, 5.41) is 12.6. The van der Waals surface area contributed by atoms with Crippen molar-refractivity contribution in [3.8, 4) is 0 Å². The summed E-state index contributed by atoms with van der Waals surface area (Å²) in [4.78, 5) is 17.2. The average molecular weight is 398 g/mol. The molecule has 1 N–H and O–H groups in total. The van der Waals surface area contributed by atoms with Crippen molar-refractivity contribution in [1.82, 2.24) is 25.1 Å². The van der Waals surface area contributed by atoms with Gasteiger partial charge in [0.1, 0.15) is 11.6 Å². The number of benzene rings is 1. The summed E-state index contributed by atoms with van der Waals surface area (Å²) in [5.74, 6) is 2.49. The van der Waals surface area contributed by atoms with Crippen LogP contribution in [0.3, 0.4) is 0 Å². The van der Waals surface area contributed by atoms with Crippen molar-refractivity contribution in [1.29, 1.82) is 0 Å². The zero-order valence-corrected chi connectivity index (χ0v) is 16.5.